The van der Waals surface area contributed by atoms with E-state index in [4.69, 9.17) is 9.41 Å². The molecule has 0 aliphatic carbocycles. The summed E-state index contributed by atoms with van der Waals surface area (Å²) < 4.78 is 11.9. The van der Waals surface area contributed by atoms with Crippen LogP contribution in [0.4, 0.5) is 0 Å². The summed E-state index contributed by atoms with van der Waals surface area (Å²) in [4.78, 5) is 5.72. The van der Waals surface area contributed by atoms with Crippen molar-refractivity contribution < 1.29 is 4.42 Å². The van der Waals surface area contributed by atoms with Gasteiger partial charge in [0.05, 0.1) is 38.6 Å². The second-order valence-electron chi connectivity index (χ2n) is 14.9. The molecule has 4 heteroatoms. The van der Waals surface area contributed by atoms with Gasteiger partial charge in [0, 0.05) is 65.8 Å². The molecule has 0 spiro atoms. The number of hydrogen-bond acceptors (Lipinski definition) is 2. The van der Waals surface area contributed by atoms with Gasteiger partial charge in [-0.2, -0.15) is 0 Å². The summed E-state index contributed by atoms with van der Waals surface area (Å²) in [5.74, 6) is 0. The first-order valence-corrected chi connectivity index (χ1v) is 19.1. The van der Waals surface area contributed by atoms with Gasteiger partial charge in [-0.15, -0.1) is 0 Å². The van der Waals surface area contributed by atoms with Crippen LogP contribution in [0.2, 0.25) is 0 Å². The van der Waals surface area contributed by atoms with Gasteiger partial charge in [-0.05, 0) is 47.7 Å². The van der Waals surface area contributed by atoms with E-state index in [0.717, 1.165) is 62.3 Å². The van der Waals surface area contributed by atoms with Crippen molar-refractivity contribution in [3.63, 3.8) is 0 Å². The minimum atomic E-state index is 0.809. The summed E-state index contributed by atoms with van der Waals surface area (Å²) in [5, 5.41) is 14.3. The molecule has 0 saturated heterocycles. The Morgan fingerprint density at radius 2 is 1.22 bits per heavy atom. The summed E-state index contributed by atoms with van der Waals surface area (Å²) in [6.45, 7) is 0. The highest BCUT2D eigenvalue weighted by molar-refractivity contribution is 6.39. The Morgan fingerprint density at radius 3 is 2.15 bits per heavy atom. The Labute approximate surface area is 314 Å². The highest BCUT2D eigenvalue weighted by Gasteiger charge is 2.27. The van der Waals surface area contributed by atoms with Gasteiger partial charge < -0.3 is 13.4 Å². The van der Waals surface area contributed by atoms with Crippen molar-refractivity contribution in [2.45, 2.75) is 12.8 Å². The molecule has 13 rings (SSSR count). The van der Waals surface area contributed by atoms with E-state index in [9.17, 15) is 0 Å². The Bertz CT molecular complexity index is 3770. The fourth-order valence-corrected chi connectivity index (χ4v) is 9.89. The third kappa shape index (κ3) is 3.83. The van der Waals surface area contributed by atoms with Crippen molar-refractivity contribution in [2.24, 2.45) is 4.99 Å². The van der Waals surface area contributed by atoms with Crippen LogP contribution in [0.3, 0.4) is 0 Å². The van der Waals surface area contributed by atoms with Crippen LogP contribution in [0.15, 0.2) is 167 Å². The molecule has 0 radical (unpaired) electrons. The van der Waals surface area contributed by atoms with Crippen LogP contribution in [0, 0.1) is 0 Å². The maximum absolute atomic E-state index is 6.83. The molecule has 12 aromatic rings. The molecule has 0 bridgehead atoms. The molecule has 5 heterocycles. The monoisotopic (exact) mass is 701 g/mol. The summed E-state index contributed by atoms with van der Waals surface area (Å²) in [5.41, 5.74) is 11.0. The zero-order valence-electron chi connectivity index (χ0n) is 29.8. The van der Waals surface area contributed by atoms with E-state index in [0.29, 0.717) is 0 Å². The van der Waals surface area contributed by atoms with Gasteiger partial charge >= 0.3 is 0 Å². The molecular weight excluding hydrogens is 671 g/mol. The molecular formula is C51H31N3O. The Balaban J connectivity index is 1.32. The number of allylic oxidation sites excluding steroid dienone is 1. The van der Waals surface area contributed by atoms with Crippen LogP contribution in [0.25, 0.3) is 110 Å². The van der Waals surface area contributed by atoms with Crippen molar-refractivity contribution in [1.29, 1.82) is 0 Å². The quantitative estimate of drug-likeness (QED) is 0.177. The number of fused-ring (bicyclic) bond motifs is 12. The van der Waals surface area contributed by atoms with E-state index in [1.54, 1.807) is 0 Å². The summed E-state index contributed by atoms with van der Waals surface area (Å²) in [6.07, 6.45) is 4.06. The van der Waals surface area contributed by atoms with Crippen LogP contribution in [-0.2, 0) is 0 Å². The van der Waals surface area contributed by atoms with E-state index in [2.05, 4.69) is 173 Å². The molecule has 0 fully saturated rings. The van der Waals surface area contributed by atoms with Crippen LogP contribution in [0.5, 0.6) is 0 Å². The summed E-state index contributed by atoms with van der Waals surface area (Å²) in [7, 11) is 0. The topological polar surface area (TPSA) is 34.8 Å². The smallest absolute Gasteiger partial charge is 0.138 e. The number of para-hydroxylation sites is 3. The van der Waals surface area contributed by atoms with Gasteiger partial charge in [0.25, 0.3) is 0 Å². The normalized spacial score (nSPS) is 13.9. The molecule has 256 valence electrons. The van der Waals surface area contributed by atoms with Crippen molar-refractivity contribution in [3.8, 4) is 0 Å². The van der Waals surface area contributed by atoms with Gasteiger partial charge in [-0.3, -0.25) is 0 Å². The highest BCUT2D eigenvalue weighted by atomic mass is 16.3. The number of benzene rings is 8. The minimum Gasteiger partial charge on any atom is -0.456 e. The van der Waals surface area contributed by atoms with E-state index in [-0.39, 0.29) is 0 Å². The summed E-state index contributed by atoms with van der Waals surface area (Å²) >= 11 is 0. The second kappa shape index (κ2) is 10.7. The van der Waals surface area contributed by atoms with Gasteiger partial charge in [-0.25, -0.2) is 4.99 Å². The number of aromatic nitrogens is 2. The molecule has 55 heavy (non-hydrogen) atoms. The van der Waals surface area contributed by atoms with E-state index < -0.39 is 0 Å². The first-order chi connectivity index (χ1) is 27.3. The molecule has 8 aromatic carbocycles. The predicted octanol–water partition coefficient (Wildman–Crippen LogP) is 12.2. The summed E-state index contributed by atoms with van der Waals surface area (Å²) in [6, 6.07) is 57.2. The van der Waals surface area contributed by atoms with Crippen molar-refractivity contribution in [3.05, 3.63) is 174 Å². The Hall–Kier alpha value is -7.17. The van der Waals surface area contributed by atoms with Gasteiger partial charge in [0.2, 0.25) is 0 Å². The minimum absolute atomic E-state index is 0.809. The van der Waals surface area contributed by atoms with Crippen molar-refractivity contribution in [2.75, 3.05) is 0 Å². The Kier molecular flexibility index (Phi) is 5.71. The number of nitrogens with zero attached hydrogens (tertiary/aromatic N) is 3. The maximum Gasteiger partial charge on any atom is 0.138 e. The van der Waals surface area contributed by atoms with Gasteiger partial charge in [0.15, 0.2) is 0 Å². The van der Waals surface area contributed by atoms with Crippen molar-refractivity contribution in [1.82, 2.24) is 8.97 Å². The molecule has 0 atom stereocenters. The van der Waals surface area contributed by atoms with E-state index in [1.807, 2.05) is 0 Å². The first kappa shape index (κ1) is 29.3. The Morgan fingerprint density at radius 1 is 0.491 bits per heavy atom. The SMILES string of the molecule is C1=c2ccc3ccccc3c2=NC(c2ccccc2)=C(n2c3cc4oc5ccccc5c4c4c5cccc6c7ccccc7n(c7cccc2c7c43)c65)CC1. The van der Waals surface area contributed by atoms with E-state index >= 15 is 0 Å². The number of hydrogen-bond donors (Lipinski definition) is 0. The number of furan rings is 1. The van der Waals surface area contributed by atoms with Crippen LogP contribution in [0.1, 0.15) is 18.4 Å². The lowest BCUT2D eigenvalue weighted by Gasteiger charge is -2.18. The average molecular weight is 702 g/mol. The lowest BCUT2D eigenvalue weighted by atomic mass is 9.98. The first-order valence-electron chi connectivity index (χ1n) is 19.1. The standard InChI is InChI=1S/C51H31N3O/c1-2-14-31(15-3-1)50-41(25-10-16-32-28-27-30-13-4-5-17-33(30)49(32)52-50)53-39-23-12-24-40-47(39)48-42(53)29-44-45(36-19-7-9-26-43(36)55-44)46(48)37-21-11-20-35-34-18-6-8-22-38(34)54(40)51(35)37/h1-9,11-24,26-29H,10,25H2. The zero-order chi connectivity index (χ0) is 35.8. The fourth-order valence-electron chi connectivity index (χ4n) is 9.89. The molecule has 0 N–H and O–H groups in total. The van der Waals surface area contributed by atoms with Crippen LogP contribution in [-0.4, -0.2) is 8.97 Å². The lowest BCUT2D eigenvalue weighted by Crippen LogP contribution is -2.26. The fraction of sp³-hybridized carbons (Fsp3) is 0.0392. The molecule has 4 nitrogen and oxygen atoms in total. The largest absolute Gasteiger partial charge is 0.456 e. The average Bonchev–Trinajstić information content (AvgIpc) is 3.85. The number of rotatable bonds is 2. The molecule has 0 amide bonds. The maximum atomic E-state index is 6.83. The van der Waals surface area contributed by atoms with Gasteiger partial charge in [0.1, 0.15) is 11.2 Å². The second-order valence-corrected chi connectivity index (χ2v) is 14.9. The third-order valence-electron chi connectivity index (χ3n) is 12.1. The van der Waals surface area contributed by atoms with Crippen molar-refractivity contribution >= 4 is 110 Å². The zero-order valence-corrected chi connectivity index (χ0v) is 29.8. The van der Waals surface area contributed by atoms with Gasteiger partial charge in [-0.1, -0.05) is 133 Å². The molecule has 0 saturated carbocycles. The molecule has 1 aliphatic heterocycles. The third-order valence-corrected chi connectivity index (χ3v) is 12.1. The molecule has 1 aliphatic rings. The predicted molar refractivity (Wildman–Crippen MR) is 229 cm³/mol. The lowest BCUT2D eigenvalue weighted by molar-refractivity contribution is 0.669. The van der Waals surface area contributed by atoms with Crippen LogP contribution >= 0.6 is 0 Å². The van der Waals surface area contributed by atoms with Crippen LogP contribution < -0.4 is 10.6 Å². The molecule has 0 unspecified atom stereocenters. The molecule has 4 aromatic heterocycles. The highest BCUT2D eigenvalue weighted by Crippen LogP contribution is 2.49. The van der Waals surface area contributed by atoms with E-state index in [1.165, 1.54) is 70.7 Å².